The molecule has 0 amide bonds. The molecule has 0 saturated carbocycles. The van der Waals surface area contributed by atoms with E-state index >= 15 is 8.78 Å². The van der Waals surface area contributed by atoms with Crippen LogP contribution in [-0.2, 0) is 4.74 Å². The molecule has 1 unspecified atom stereocenters. The summed E-state index contributed by atoms with van der Waals surface area (Å²) in [6.07, 6.45) is 3.00. The van der Waals surface area contributed by atoms with Gasteiger partial charge in [0, 0.05) is 35.8 Å². The van der Waals surface area contributed by atoms with Crippen molar-refractivity contribution in [3.8, 4) is 34.4 Å². The summed E-state index contributed by atoms with van der Waals surface area (Å²) in [4.78, 5) is 11.3. The van der Waals surface area contributed by atoms with Gasteiger partial charge in [-0.3, -0.25) is 0 Å². The van der Waals surface area contributed by atoms with E-state index in [2.05, 4.69) is 26.3 Å². The van der Waals surface area contributed by atoms with E-state index in [4.69, 9.17) is 14.2 Å². The van der Waals surface area contributed by atoms with Crippen LogP contribution < -0.4 is 14.8 Å². The van der Waals surface area contributed by atoms with Crippen molar-refractivity contribution in [2.24, 2.45) is 4.99 Å². The molecule has 10 nitrogen and oxygen atoms in total. The zero-order valence-corrected chi connectivity index (χ0v) is 21.5. The molecule has 2 aromatic heterocycles. The van der Waals surface area contributed by atoms with Crippen LogP contribution in [0.1, 0.15) is 19.4 Å². The van der Waals surface area contributed by atoms with Gasteiger partial charge in [0.15, 0.2) is 17.4 Å². The fourth-order valence-electron chi connectivity index (χ4n) is 4.13. The molecular weight excluding hydrogens is 524 g/mol. The number of H-pyrrole nitrogens is 1. The molecule has 0 spiro atoms. The zero-order valence-electron chi connectivity index (χ0n) is 21.5. The molecule has 0 radical (unpaired) electrons. The minimum absolute atomic E-state index is 0.00508. The van der Waals surface area contributed by atoms with E-state index in [0.29, 0.717) is 33.5 Å². The highest BCUT2D eigenvalue weighted by molar-refractivity contribution is 5.98. The van der Waals surface area contributed by atoms with Gasteiger partial charge in [-0.15, -0.1) is 0 Å². The maximum Gasteiger partial charge on any atom is 0.289 e. The Morgan fingerprint density at radius 1 is 1.20 bits per heavy atom. The van der Waals surface area contributed by atoms with Crippen LogP contribution in [0.25, 0.3) is 22.2 Å². The van der Waals surface area contributed by atoms with E-state index in [1.807, 2.05) is 13.8 Å². The first-order valence-electron chi connectivity index (χ1n) is 12.3. The van der Waals surface area contributed by atoms with Crippen molar-refractivity contribution in [2.75, 3.05) is 25.1 Å². The molecule has 1 aliphatic rings. The molecular formula is C28H25F2N5O5. The lowest BCUT2D eigenvalue weighted by Crippen LogP contribution is -2.46. The van der Waals surface area contributed by atoms with Crippen molar-refractivity contribution in [3.05, 3.63) is 66.0 Å². The minimum atomic E-state index is -1.51. The van der Waals surface area contributed by atoms with Crippen LogP contribution in [0.3, 0.4) is 0 Å². The molecule has 12 heteroatoms. The number of benzene rings is 2. The summed E-state index contributed by atoms with van der Waals surface area (Å²) < 4.78 is 46.9. The van der Waals surface area contributed by atoms with E-state index in [1.165, 1.54) is 12.3 Å². The van der Waals surface area contributed by atoms with Gasteiger partial charge in [0.25, 0.3) is 6.02 Å². The average Bonchev–Trinajstić information content (AvgIpc) is 3.37. The largest absolute Gasteiger partial charge is 0.490 e. The van der Waals surface area contributed by atoms with Crippen LogP contribution in [0.15, 0.2) is 53.8 Å². The van der Waals surface area contributed by atoms with Gasteiger partial charge >= 0.3 is 0 Å². The summed E-state index contributed by atoms with van der Waals surface area (Å²) in [5.74, 6) is -2.03. The van der Waals surface area contributed by atoms with Gasteiger partial charge in [-0.1, -0.05) is 6.07 Å². The monoisotopic (exact) mass is 549 g/mol. The second kappa shape index (κ2) is 10.8. The standard InChI is InChI=1S/C28H25F2N5O5/c1-15(2)39-22-4-3-16(7-17(22)10-31)19-11-33-26-24(19)23(5-6-32-26)40-25-20(29)8-18(9-21(25)30)35-27-34-12-28(37,13-36)14-38-27/h3-9,11,15,36-37H,12-14H2,1-2H3,(H,32,33)(H,34,35). The number of hydrogen-bond acceptors (Lipinski definition) is 9. The molecule has 0 saturated heterocycles. The van der Waals surface area contributed by atoms with Gasteiger partial charge in [-0.2, -0.15) is 5.26 Å². The Bertz CT molecular complexity index is 1630. The lowest BCUT2D eigenvalue weighted by atomic mass is 10.0. The number of aliphatic hydroxyl groups excluding tert-OH is 1. The van der Waals surface area contributed by atoms with Crippen LogP contribution in [0.2, 0.25) is 0 Å². The lowest BCUT2D eigenvalue weighted by molar-refractivity contribution is -0.0511. The highest BCUT2D eigenvalue weighted by atomic mass is 19.1. The van der Waals surface area contributed by atoms with Crippen LogP contribution in [0.4, 0.5) is 14.5 Å². The first kappa shape index (κ1) is 26.9. The fourth-order valence-corrected chi connectivity index (χ4v) is 4.13. The molecule has 5 rings (SSSR count). The molecule has 3 heterocycles. The Morgan fingerprint density at radius 2 is 1.98 bits per heavy atom. The second-order valence-electron chi connectivity index (χ2n) is 9.51. The molecule has 206 valence electrons. The number of anilines is 1. The number of aliphatic imine (C=N–C) groups is 1. The highest BCUT2D eigenvalue weighted by Gasteiger charge is 2.31. The predicted octanol–water partition coefficient (Wildman–Crippen LogP) is 4.48. The third-order valence-corrected chi connectivity index (χ3v) is 6.06. The Labute approximate surface area is 227 Å². The minimum Gasteiger partial charge on any atom is -0.490 e. The molecule has 1 atom stereocenters. The van der Waals surface area contributed by atoms with E-state index in [9.17, 15) is 15.5 Å². The summed E-state index contributed by atoms with van der Waals surface area (Å²) in [6, 6.07) is 10.7. The van der Waals surface area contributed by atoms with Crippen molar-refractivity contribution >= 4 is 22.7 Å². The number of nitrogens with one attached hydrogen (secondary N) is 2. The highest BCUT2D eigenvalue weighted by Crippen LogP contribution is 2.39. The Hall–Kier alpha value is -4.73. The summed E-state index contributed by atoms with van der Waals surface area (Å²) in [5, 5.41) is 31.9. The number of amidine groups is 1. The number of aliphatic hydroxyl groups is 2. The van der Waals surface area contributed by atoms with Crippen molar-refractivity contribution < 1.29 is 33.2 Å². The molecule has 4 aromatic rings. The first-order valence-corrected chi connectivity index (χ1v) is 12.3. The molecule has 0 bridgehead atoms. The van der Waals surface area contributed by atoms with Crippen molar-refractivity contribution in [1.29, 1.82) is 5.26 Å². The number of aromatic nitrogens is 2. The number of nitriles is 1. The van der Waals surface area contributed by atoms with Gasteiger partial charge in [0.1, 0.15) is 35.4 Å². The molecule has 1 aliphatic heterocycles. The number of aromatic amines is 1. The van der Waals surface area contributed by atoms with Crippen LogP contribution >= 0.6 is 0 Å². The van der Waals surface area contributed by atoms with Crippen molar-refractivity contribution in [3.63, 3.8) is 0 Å². The van der Waals surface area contributed by atoms with E-state index in [-0.39, 0.29) is 36.7 Å². The van der Waals surface area contributed by atoms with Gasteiger partial charge in [-0.25, -0.2) is 18.8 Å². The molecule has 4 N–H and O–H groups in total. The lowest BCUT2D eigenvalue weighted by Gasteiger charge is -2.28. The summed E-state index contributed by atoms with van der Waals surface area (Å²) >= 11 is 0. The number of halogens is 2. The Balaban J connectivity index is 1.45. The van der Waals surface area contributed by atoms with Crippen molar-refractivity contribution in [1.82, 2.24) is 9.97 Å². The smallest absolute Gasteiger partial charge is 0.289 e. The van der Waals surface area contributed by atoms with Crippen LogP contribution in [0, 0.1) is 23.0 Å². The summed E-state index contributed by atoms with van der Waals surface area (Å²) in [6.45, 7) is 2.81. The third-order valence-electron chi connectivity index (χ3n) is 6.06. The maximum atomic E-state index is 15.1. The topological polar surface area (TPSA) is 145 Å². The Morgan fingerprint density at radius 3 is 2.62 bits per heavy atom. The number of fused-ring (bicyclic) bond motifs is 1. The summed E-state index contributed by atoms with van der Waals surface area (Å²) in [5.41, 5.74) is 0.513. The predicted molar refractivity (Wildman–Crippen MR) is 142 cm³/mol. The van der Waals surface area contributed by atoms with Gasteiger partial charge in [-0.05, 0) is 37.6 Å². The van der Waals surface area contributed by atoms with E-state index in [1.54, 1.807) is 24.4 Å². The maximum absolute atomic E-state index is 15.1. The third kappa shape index (κ3) is 5.38. The Kier molecular flexibility index (Phi) is 7.25. The van der Waals surface area contributed by atoms with Crippen LogP contribution in [-0.4, -0.2) is 57.7 Å². The molecule has 2 aromatic carbocycles. The van der Waals surface area contributed by atoms with E-state index in [0.717, 1.165) is 12.1 Å². The molecule has 0 aliphatic carbocycles. The van der Waals surface area contributed by atoms with Gasteiger partial charge < -0.3 is 34.7 Å². The van der Waals surface area contributed by atoms with Crippen molar-refractivity contribution in [2.45, 2.75) is 25.6 Å². The number of nitrogens with zero attached hydrogens (tertiary/aromatic N) is 3. The molecule has 40 heavy (non-hydrogen) atoms. The number of rotatable bonds is 7. The summed E-state index contributed by atoms with van der Waals surface area (Å²) in [7, 11) is 0. The quantitative estimate of drug-likeness (QED) is 0.264. The molecule has 0 fully saturated rings. The number of pyridine rings is 1. The van der Waals surface area contributed by atoms with Gasteiger partial charge in [0.2, 0.25) is 0 Å². The van der Waals surface area contributed by atoms with E-state index < -0.39 is 29.6 Å². The number of hydrogen-bond donors (Lipinski definition) is 4. The second-order valence-corrected chi connectivity index (χ2v) is 9.51. The zero-order chi connectivity index (χ0) is 28.4. The van der Waals surface area contributed by atoms with Crippen LogP contribution in [0.5, 0.6) is 17.2 Å². The SMILES string of the molecule is CC(C)Oc1ccc(-c2c[nH]c3nccc(Oc4c(F)cc(NC5=NCC(O)(CO)CO5)cc4F)c23)cc1C#N. The first-order chi connectivity index (χ1) is 19.2. The normalized spacial score (nSPS) is 16.8. The van der Waals surface area contributed by atoms with Gasteiger partial charge in [0.05, 0.1) is 30.2 Å². The number of ether oxygens (including phenoxy) is 3. The fraction of sp³-hybridized carbons (Fsp3) is 0.250. The average molecular weight is 550 g/mol.